The molecule has 0 saturated heterocycles. The molecule has 23 heavy (non-hydrogen) atoms. The molecule has 124 valence electrons. The zero-order valence-corrected chi connectivity index (χ0v) is 14.4. The quantitative estimate of drug-likeness (QED) is 0.636. The van der Waals surface area contributed by atoms with Crippen LogP contribution in [-0.4, -0.2) is 31.3 Å². The summed E-state index contributed by atoms with van der Waals surface area (Å²) in [5.74, 6) is 2.14. The summed E-state index contributed by atoms with van der Waals surface area (Å²) in [7, 11) is 1.79. The first-order valence-electron chi connectivity index (χ1n) is 8.03. The first-order valence-corrected chi connectivity index (χ1v) is 8.03. The van der Waals surface area contributed by atoms with Crippen LogP contribution in [-0.2, 0) is 6.42 Å². The molecule has 1 aromatic heterocycles. The molecule has 0 aliphatic rings. The predicted octanol–water partition coefficient (Wildman–Crippen LogP) is 2.80. The zero-order chi connectivity index (χ0) is 16.7. The van der Waals surface area contributed by atoms with Gasteiger partial charge >= 0.3 is 0 Å². The van der Waals surface area contributed by atoms with Crippen LogP contribution in [0, 0.1) is 13.8 Å². The van der Waals surface area contributed by atoms with Gasteiger partial charge in [-0.25, -0.2) is 0 Å². The van der Waals surface area contributed by atoms with E-state index in [2.05, 4.69) is 52.0 Å². The number of hydrogen-bond donors (Lipinski definition) is 2. The molecule has 0 fully saturated rings. The van der Waals surface area contributed by atoms with E-state index in [0.29, 0.717) is 5.92 Å². The summed E-state index contributed by atoms with van der Waals surface area (Å²) in [6, 6.07) is 10.5. The average molecular weight is 314 g/mol. The third-order valence-corrected chi connectivity index (χ3v) is 4.02. The second-order valence-electron chi connectivity index (χ2n) is 5.74. The van der Waals surface area contributed by atoms with Gasteiger partial charge in [-0.05, 0) is 31.7 Å². The van der Waals surface area contributed by atoms with Gasteiger partial charge < -0.3 is 15.2 Å². The third-order valence-electron chi connectivity index (χ3n) is 4.02. The standard InChI is InChI=1S/C18H26N4O/c1-13(16-8-6-5-7-9-16)12-21-18(19-4)20-11-10-17-14(2)22-23-15(17)3/h5-9,13H,10-12H2,1-4H3,(H2,19,20,21). The van der Waals surface area contributed by atoms with Crippen LogP contribution in [0.1, 0.15) is 35.4 Å². The van der Waals surface area contributed by atoms with Crippen LogP contribution in [0.5, 0.6) is 0 Å². The molecule has 1 unspecified atom stereocenters. The molecule has 1 heterocycles. The number of nitrogens with zero attached hydrogens (tertiary/aromatic N) is 2. The summed E-state index contributed by atoms with van der Waals surface area (Å²) in [5.41, 5.74) is 3.46. The Hall–Kier alpha value is -2.30. The Morgan fingerprint density at radius 2 is 1.96 bits per heavy atom. The van der Waals surface area contributed by atoms with Crippen LogP contribution in [0.25, 0.3) is 0 Å². The van der Waals surface area contributed by atoms with E-state index in [4.69, 9.17) is 4.52 Å². The van der Waals surface area contributed by atoms with Crippen molar-refractivity contribution >= 4 is 5.96 Å². The van der Waals surface area contributed by atoms with E-state index in [1.165, 1.54) is 11.1 Å². The molecule has 0 amide bonds. The average Bonchev–Trinajstić information content (AvgIpc) is 2.90. The first kappa shape index (κ1) is 17.1. The number of aromatic nitrogens is 1. The highest BCUT2D eigenvalue weighted by Gasteiger charge is 2.09. The van der Waals surface area contributed by atoms with E-state index < -0.39 is 0 Å². The van der Waals surface area contributed by atoms with E-state index in [1.807, 2.05) is 19.9 Å². The molecular formula is C18H26N4O. The van der Waals surface area contributed by atoms with Crippen LogP contribution in [0.3, 0.4) is 0 Å². The predicted molar refractivity (Wildman–Crippen MR) is 93.9 cm³/mol. The number of guanidine groups is 1. The lowest BCUT2D eigenvalue weighted by atomic mass is 10.0. The minimum atomic E-state index is 0.428. The topological polar surface area (TPSA) is 62.5 Å². The summed E-state index contributed by atoms with van der Waals surface area (Å²) in [6.45, 7) is 7.77. The lowest BCUT2D eigenvalue weighted by molar-refractivity contribution is 0.392. The van der Waals surface area contributed by atoms with Crippen LogP contribution in [0.4, 0.5) is 0 Å². The Morgan fingerprint density at radius 1 is 1.22 bits per heavy atom. The third kappa shape index (κ3) is 4.84. The molecule has 0 spiro atoms. The van der Waals surface area contributed by atoms with E-state index in [9.17, 15) is 0 Å². The van der Waals surface area contributed by atoms with Crippen LogP contribution in [0.15, 0.2) is 39.8 Å². The summed E-state index contributed by atoms with van der Waals surface area (Å²) in [6.07, 6.45) is 0.871. The zero-order valence-electron chi connectivity index (χ0n) is 14.4. The normalized spacial score (nSPS) is 13.0. The number of benzene rings is 1. The van der Waals surface area contributed by atoms with Crippen LogP contribution >= 0.6 is 0 Å². The number of aryl methyl sites for hydroxylation is 2. The minimum absolute atomic E-state index is 0.428. The van der Waals surface area contributed by atoms with Crippen molar-refractivity contribution < 1.29 is 4.52 Å². The fourth-order valence-corrected chi connectivity index (χ4v) is 2.53. The summed E-state index contributed by atoms with van der Waals surface area (Å²) < 4.78 is 5.18. The molecule has 0 bridgehead atoms. The van der Waals surface area contributed by atoms with Gasteiger partial charge in [0.15, 0.2) is 5.96 Å². The molecule has 0 saturated carbocycles. The van der Waals surface area contributed by atoms with Crippen molar-refractivity contribution in [1.82, 2.24) is 15.8 Å². The molecule has 0 aliphatic heterocycles. The maximum absolute atomic E-state index is 5.18. The first-order chi connectivity index (χ1) is 11.1. The van der Waals surface area contributed by atoms with Gasteiger partial charge in [0.2, 0.25) is 0 Å². The Labute approximate surface area is 138 Å². The van der Waals surface area contributed by atoms with E-state index in [0.717, 1.165) is 36.9 Å². The number of nitrogens with one attached hydrogen (secondary N) is 2. The van der Waals surface area contributed by atoms with Crippen molar-refractivity contribution in [2.75, 3.05) is 20.1 Å². The van der Waals surface area contributed by atoms with Gasteiger partial charge in [0.1, 0.15) is 5.76 Å². The number of hydrogen-bond acceptors (Lipinski definition) is 3. The van der Waals surface area contributed by atoms with E-state index in [-0.39, 0.29) is 0 Å². The molecule has 2 rings (SSSR count). The van der Waals surface area contributed by atoms with Gasteiger partial charge in [0, 0.05) is 25.7 Å². The van der Waals surface area contributed by atoms with Crippen molar-refractivity contribution in [2.45, 2.75) is 33.1 Å². The van der Waals surface area contributed by atoms with Crippen molar-refractivity contribution in [3.8, 4) is 0 Å². The van der Waals surface area contributed by atoms with Crippen LogP contribution in [0.2, 0.25) is 0 Å². The van der Waals surface area contributed by atoms with E-state index >= 15 is 0 Å². The molecule has 1 aromatic carbocycles. The SMILES string of the molecule is CN=C(NCCc1c(C)noc1C)NCC(C)c1ccccc1. The highest BCUT2D eigenvalue weighted by molar-refractivity contribution is 5.79. The second-order valence-corrected chi connectivity index (χ2v) is 5.74. The Balaban J connectivity index is 1.78. The lowest BCUT2D eigenvalue weighted by Gasteiger charge is -2.16. The highest BCUT2D eigenvalue weighted by Crippen LogP contribution is 2.13. The fraction of sp³-hybridized carbons (Fsp3) is 0.444. The van der Waals surface area contributed by atoms with Crippen molar-refractivity contribution in [1.29, 1.82) is 0 Å². The van der Waals surface area contributed by atoms with Gasteiger partial charge in [0.05, 0.1) is 5.69 Å². The Kier molecular flexibility index (Phi) is 6.20. The van der Waals surface area contributed by atoms with Crippen molar-refractivity contribution in [2.24, 2.45) is 4.99 Å². The second kappa shape index (κ2) is 8.36. The summed E-state index contributed by atoms with van der Waals surface area (Å²) >= 11 is 0. The van der Waals surface area contributed by atoms with Crippen LogP contribution < -0.4 is 10.6 Å². The Bertz CT molecular complexity index is 614. The summed E-state index contributed by atoms with van der Waals surface area (Å²) in [5, 5.41) is 10.7. The van der Waals surface area contributed by atoms with Crippen molar-refractivity contribution in [3.63, 3.8) is 0 Å². The smallest absolute Gasteiger partial charge is 0.191 e. The molecule has 0 aliphatic carbocycles. The lowest BCUT2D eigenvalue weighted by Crippen LogP contribution is -2.40. The maximum Gasteiger partial charge on any atom is 0.191 e. The molecule has 2 N–H and O–H groups in total. The molecule has 5 heteroatoms. The number of rotatable bonds is 6. The maximum atomic E-state index is 5.18. The highest BCUT2D eigenvalue weighted by atomic mass is 16.5. The van der Waals surface area contributed by atoms with Gasteiger partial charge in [-0.3, -0.25) is 4.99 Å². The van der Waals surface area contributed by atoms with Gasteiger partial charge in [-0.1, -0.05) is 42.4 Å². The fourth-order valence-electron chi connectivity index (χ4n) is 2.53. The molecular weight excluding hydrogens is 288 g/mol. The van der Waals surface area contributed by atoms with Gasteiger partial charge in [-0.2, -0.15) is 0 Å². The van der Waals surface area contributed by atoms with E-state index in [1.54, 1.807) is 7.05 Å². The molecule has 5 nitrogen and oxygen atoms in total. The molecule has 0 radical (unpaired) electrons. The monoisotopic (exact) mass is 314 g/mol. The van der Waals surface area contributed by atoms with Gasteiger partial charge in [0.25, 0.3) is 0 Å². The minimum Gasteiger partial charge on any atom is -0.361 e. The van der Waals surface area contributed by atoms with Crippen molar-refractivity contribution in [3.05, 3.63) is 52.9 Å². The Morgan fingerprint density at radius 3 is 2.57 bits per heavy atom. The van der Waals surface area contributed by atoms with Gasteiger partial charge in [-0.15, -0.1) is 0 Å². The molecule has 1 atom stereocenters. The molecule has 2 aromatic rings. The summed E-state index contributed by atoms with van der Waals surface area (Å²) in [4.78, 5) is 4.27. The largest absolute Gasteiger partial charge is 0.361 e. The number of aliphatic imine (C=N–C) groups is 1.